The molecule has 1 atom stereocenters. The molecular formula is C15H18F2N2O2. The van der Waals surface area contributed by atoms with Crippen LogP contribution in [0.3, 0.4) is 0 Å². The summed E-state index contributed by atoms with van der Waals surface area (Å²) in [6, 6.07) is 7.32. The van der Waals surface area contributed by atoms with Crippen molar-refractivity contribution in [2.45, 2.75) is 31.7 Å². The van der Waals surface area contributed by atoms with Crippen molar-refractivity contribution in [3.8, 4) is 0 Å². The molecule has 6 heteroatoms. The maximum Gasteiger partial charge on any atom is 0.290 e. The lowest BCUT2D eigenvalue weighted by Gasteiger charge is -2.44. The van der Waals surface area contributed by atoms with Gasteiger partial charge in [0.05, 0.1) is 13.1 Å². The van der Waals surface area contributed by atoms with Crippen LogP contribution in [0.5, 0.6) is 0 Å². The number of alkyl halides is 2. The molecule has 0 spiro atoms. The minimum Gasteiger partial charge on any atom is -0.345 e. The van der Waals surface area contributed by atoms with Crippen molar-refractivity contribution < 1.29 is 18.4 Å². The third kappa shape index (κ3) is 2.75. The van der Waals surface area contributed by atoms with Gasteiger partial charge in [0.25, 0.3) is 5.92 Å². The lowest BCUT2D eigenvalue weighted by molar-refractivity contribution is -0.160. The number of nitrogens with zero attached hydrogens (tertiary/aromatic N) is 1. The van der Waals surface area contributed by atoms with Gasteiger partial charge in [-0.2, -0.15) is 8.78 Å². The highest BCUT2D eigenvalue weighted by molar-refractivity contribution is 5.97. The molecule has 1 unspecified atom stereocenters. The van der Waals surface area contributed by atoms with Crippen LogP contribution in [0.4, 0.5) is 8.78 Å². The fourth-order valence-corrected chi connectivity index (χ4v) is 2.43. The van der Waals surface area contributed by atoms with Crippen molar-refractivity contribution in [1.82, 2.24) is 10.2 Å². The normalized spacial score (nSPS) is 23.1. The maximum absolute atomic E-state index is 14.4. The molecule has 1 fully saturated rings. The summed E-state index contributed by atoms with van der Waals surface area (Å²) in [7, 11) is 0. The van der Waals surface area contributed by atoms with Crippen LogP contribution in [-0.2, 0) is 15.5 Å². The molecule has 0 bridgehead atoms. The Morgan fingerprint density at radius 2 is 1.90 bits per heavy atom. The number of amides is 2. The van der Waals surface area contributed by atoms with Crippen LogP contribution in [-0.4, -0.2) is 35.3 Å². The Morgan fingerprint density at radius 1 is 1.29 bits per heavy atom. The summed E-state index contributed by atoms with van der Waals surface area (Å²) >= 11 is 0. The van der Waals surface area contributed by atoms with Crippen LogP contribution in [0.15, 0.2) is 30.3 Å². The lowest BCUT2D eigenvalue weighted by Crippen LogP contribution is -2.67. The number of carbonyl (C=O) groups is 2. The average Bonchev–Trinajstić information content (AvgIpc) is 2.48. The molecule has 1 aromatic rings. The van der Waals surface area contributed by atoms with Gasteiger partial charge in [0.1, 0.15) is 5.54 Å². The van der Waals surface area contributed by atoms with Crippen molar-refractivity contribution in [2.75, 3.05) is 13.1 Å². The Bertz CT molecular complexity index is 548. The number of rotatable bonds is 4. The largest absolute Gasteiger partial charge is 0.345 e. The Morgan fingerprint density at radius 3 is 2.48 bits per heavy atom. The van der Waals surface area contributed by atoms with E-state index in [2.05, 4.69) is 5.32 Å². The van der Waals surface area contributed by atoms with E-state index in [0.29, 0.717) is 0 Å². The first kappa shape index (κ1) is 15.4. The van der Waals surface area contributed by atoms with Gasteiger partial charge in [-0.05, 0) is 13.3 Å². The molecule has 0 aromatic heterocycles. The molecule has 0 radical (unpaired) electrons. The third-order valence-electron chi connectivity index (χ3n) is 4.03. The highest BCUT2D eigenvalue weighted by Gasteiger charge is 2.48. The van der Waals surface area contributed by atoms with Gasteiger partial charge in [-0.3, -0.25) is 9.59 Å². The number of benzene rings is 1. The predicted octanol–water partition coefficient (Wildman–Crippen LogP) is 1.91. The van der Waals surface area contributed by atoms with Gasteiger partial charge in [-0.1, -0.05) is 37.3 Å². The van der Waals surface area contributed by atoms with Crippen molar-refractivity contribution in [1.29, 1.82) is 0 Å². The number of carbonyl (C=O) groups excluding carboxylic acids is 2. The highest BCUT2D eigenvalue weighted by Crippen LogP contribution is 2.33. The van der Waals surface area contributed by atoms with Crippen LogP contribution in [0.1, 0.15) is 25.8 Å². The first-order valence-corrected chi connectivity index (χ1v) is 6.83. The molecule has 2 amide bonds. The van der Waals surface area contributed by atoms with Crippen molar-refractivity contribution in [3.05, 3.63) is 35.9 Å². The summed E-state index contributed by atoms with van der Waals surface area (Å²) in [6.45, 7) is 2.18. The summed E-state index contributed by atoms with van der Waals surface area (Å²) in [5.74, 6) is -4.09. The molecule has 1 aromatic carbocycles. The SMILES string of the molecule is CCC1(C)C(=O)NCC(=O)N1CC(F)(F)c1ccccc1. The van der Waals surface area contributed by atoms with E-state index >= 15 is 0 Å². The standard InChI is InChI=1S/C15H18F2N2O2/c1-3-14(2)13(21)18-9-12(20)19(14)10-15(16,17)11-7-5-4-6-8-11/h4-8H,3,9-10H2,1-2H3,(H,18,21). The Balaban J connectivity index is 2.31. The zero-order chi connectivity index (χ0) is 15.7. The number of hydrogen-bond donors (Lipinski definition) is 1. The Labute approximate surface area is 122 Å². The minimum atomic E-state index is -3.20. The molecule has 1 saturated heterocycles. The molecule has 0 aliphatic carbocycles. The average molecular weight is 296 g/mol. The van der Waals surface area contributed by atoms with Crippen LogP contribution >= 0.6 is 0 Å². The summed E-state index contributed by atoms with van der Waals surface area (Å²) in [5, 5.41) is 2.45. The molecule has 2 rings (SSSR count). The first-order valence-electron chi connectivity index (χ1n) is 6.83. The van der Waals surface area contributed by atoms with E-state index in [-0.39, 0.29) is 18.5 Å². The Kier molecular flexibility index (Phi) is 3.98. The second-order valence-corrected chi connectivity index (χ2v) is 5.36. The third-order valence-corrected chi connectivity index (χ3v) is 4.03. The van der Waals surface area contributed by atoms with E-state index in [1.54, 1.807) is 13.0 Å². The van der Waals surface area contributed by atoms with Crippen molar-refractivity contribution in [2.24, 2.45) is 0 Å². The molecule has 1 aliphatic heterocycles. The van der Waals surface area contributed by atoms with Gasteiger partial charge >= 0.3 is 0 Å². The lowest BCUT2D eigenvalue weighted by atomic mass is 9.91. The highest BCUT2D eigenvalue weighted by atomic mass is 19.3. The summed E-state index contributed by atoms with van der Waals surface area (Å²) < 4.78 is 28.8. The quantitative estimate of drug-likeness (QED) is 0.922. The number of piperazine rings is 1. The van der Waals surface area contributed by atoms with Gasteiger partial charge < -0.3 is 10.2 Å². The van der Waals surface area contributed by atoms with E-state index in [0.717, 1.165) is 4.90 Å². The molecule has 21 heavy (non-hydrogen) atoms. The first-order chi connectivity index (χ1) is 9.81. The minimum absolute atomic E-state index is 0.165. The van der Waals surface area contributed by atoms with E-state index in [1.807, 2.05) is 0 Å². The van der Waals surface area contributed by atoms with E-state index in [1.165, 1.54) is 31.2 Å². The van der Waals surface area contributed by atoms with Gasteiger partial charge in [-0.25, -0.2) is 0 Å². The second kappa shape index (κ2) is 5.42. The van der Waals surface area contributed by atoms with Crippen LogP contribution in [0.25, 0.3) is 0 Å². The smallest absolute Gasteiger partial charge is 0.290 e. The van der Waals surface area contributed by atoms with Gasteiger partial charge in [0, 0.05) is 5.56 Å². The molecule has 1 aliphatic rings. The number of halogens is 2. The maximum atomic E-state index is 14.4. The molecule has 4 nitrogen and oxygen atoms in total. The van der Waals surface area contributed by atoms with Crippen molar-refractivity contribution in [3.63, 3.8) is 0 Å². The molecule has 0 saturated carbocycles. The van der Waals surface area contributed by atoms with Gasteiger partial charge in [-0.15, -0.1) is 0 Å². The monoisotopic (exact) mass is 296 g/mol. The summed E-state index contributed by atoms with van der Waals surface area (Å²) in [6.07, 6.45) is 0.273. The zero-order valence-electron chi connectivity index (χ0n) is 12.0. The fourth-order valence-electron chi connectivity index (χ4n) is 2.43. The summed E-state index contributed by atoms with van der Waals surface area (Å²) in [4.78, 5) is 25.0. The number of hydrogen-bond acceptors (Lipinski definition) is 2. The molecular weight excluding hydrogens is 278 g/mol. The summed E-state index contributed by atoms with van der Waals surface area (Å²) in [5.41, 5.74) is -1.41. The van der Waals surface area contributed by atoms with Crippen LogP contribution in [0.2, 0.25) is 0 Å². The van der Waals surface area contributed by atoms with Gasteiger partial charge in [0.2, 0.25) is 11.8 Å². The number of nitrogens with one attached hydrogen (secondary N) is 1. The van der Waals surface area contributed by atoms with Crippen molar-refractivity contribution >= 4 is 11.8 Å². The fraction of sp³-hybridized carbons (Fsp3) is 0.467. The predicted molar refractivity (Wildman–Crippen MR) is 73.8 cm³/mol. The second-order valence-electron chi connectivity index (χ2n) is 5.36. The molecule has 114 valence electrons. The van der Waals surface area contributed by atoms with E-state index in [4.69, 9.17) is 0 Å². The van der Waals surface area contributed by atoms with Crippen LogP contribution in [0, 0.1) is 0 Å². The van der Waals surface area contributed by atoms with E-state index in [9.17, 15) is 18.4 Å². The Hall–Kier alpha value is -1.98. The topological polar surface area (TPSA) is 49.4 Å². The molecule has 1 N–H and O–H groups in total. The molecule has 1 heterocycles. The van der Waals surface area contributed by atoms with Gasteiger partial charge in [0.15, 0.2) is 0 Å². The van der Waals surface area contributed by atoms with Crippen LogP contribution < -0.4 is 5.32 Å². The van der Waals surface area contributed by atoms with E-state index < -0.39 is 29.8 Å². The zero-order valence-corrected chi connectivity index (χ0v) is 12.0.